The van der Waals surface area contributed by atoms with Crippen LogP contribution in [0.1, 0.15) is 30.5 Å². The zero-order chi connectivity index (χ0) is 13.7. The number of halogens is 1. The van der Waals surface area contributed by atoms with E-state index >= 15 is 0 Å². The monoisotopic (exact) mass is 410 g/mol. The van der Waals surface area contributed by atoms with Crippen LogP contribution in [0.3, 0.4) is 0 Å². The molecule has 5 nitrogen and oxygen atoms in total. The van der Waals surface area contributed by atoms with Gasteiger partial charge < -0.3 is 15.3 Å². The molecule has 1 aromatic rings. The molecule has 0 atom stereocenters. The maximum absolute atomic E-state index is 9.52. The predicted molar refractivity (Wildman–Crippen MR) is 93.9 cm³/mol. The highest BCUT2D eigenvalue weighted by Crippen LogP contribution is 2.12. The Labute approximate surface area is 141 Å². The van der Waals surface area contributed by atoms with E-state index in [-0.39, 0.29) is 30.1 Å². The number of aromatic nitrogens is 1. The highest BCUT2D eigenvalue weighted by atomic mass is 127. The molecular weight excluding hydrogens is 387 g/mol. The van der Waals surface area contributed by atoms with Gasteiger partial charge in [-0.25, -0.2) is 4.98 Å². The van der Waals surface area contributed by atoms with Gasteiger partial charge in [0.2, 0.25) is 0 Å². The van der Waals surface area contributed by atoms with Crippen LogP contribution < -0.4 is 5.32 Å². The molecule has 2 rings (SSSR count). The van der Waals surface area contributed by atoms with Gasteiger partial charge in [0.15, 0.2) is 5.96 Å². The van der Waals surface area contributed by atoms with E-state index < -0.39 is 0 Å². The second-order valence-electron chi connectivity index (χ2n) is 4.71. The number of aliphatic imine (C=N–C) groups is 1. The molecule has 20 heavy (non-hydrogen) atoms. The Morgan fingerprint density at radius 1 is 1.55 bits per heavy atom. The summed E-state index contributed by atoms with van der Waals surface area (Å²) in [4.78, 5) is 11.0. The number of hydrogen-bond acceptors (Lipinski definition) is 4. The Kier molecular flexibility index (Phi) is 7.75. The summed E-state index contributed by atoms with van der Waals surface area (Å²) in [6, 6.07) is 0. The van der Waals surface area contributed by atoms with Crippen molar-refractivity contribution < 1.29 is 5.11 Å². The summed E-state index contributed by atoms with van der Waals surface area (Å²) in [5, 5.41) is 16.1. The fourth-order valence-electron chi connectivity index (χ4n) is 2.17. The average Bonchev–Trinajstić information content (AvgIpc) is 2.89. The average molecular weight is 410 g/mol. The summed E-state index contributed by atoms with van der Waals surface area (Å²) in [5.74, 6) is 0.901. The van der Waals surface area contributed by atoms with Gasteiger partial charge in [-0.05, 0) is 19.3 Å². The quantitative estimate of drug-likeness (QED) is 0.454. The molecule has 0 aliphatic carbocycles. The third-order valence-corrected chi connectivity index (χ3v) is 4.35. The van der Waals surface area contributed by atoms with E-state index in [9.17, 15) is 5.11 Å². The minimum absolute atomic E-state index is 0. The van der Waals surface area contributed by atoms with Crippen molar-refractivity contribution in [1.29, 1.82) is 0 Å². The van der Waals surface area contributed by atoms with E-state index in [0.717, 1.165) is 44.0 Å². The summed E-state index contributed by atoms with van der Waals surface area (Å²) in [7, 11) is 1.80. The number of guanidine groups is 1. The first-order valence-electron chi connectivity index (χ1n) is 6.80. The SMILES string of the molecule is CCc1nc(CNC(=NC)N2CCC(O)CC2)cs1.I. The van der Waals surface area contributed by atoms with Crippen LogP contribution >= 0.6 is 35.3 Å². The molecule has 2 heterocycles. The van der Waals surface area contributed by atoms with Gasteiger partial charge in [0.1, 0.15) is 0 Å². The molecule has 1 aliphatic rings. The number of thiazole rings is 1. The Balaban J connectivity index is 0.00000200. The van der Waals surface area contributed by atoms with Crippen molar-refractivity contribution in [2.24, 2.45) is 4.99 Å². The number of nitrogens with zero attached hydrogens (tertiary/aromatic N) is 3. The maximum atomic E-state index is 9.52. The molecular formula is C13H23IN4OS. The number of nitrogens with one attached hydrogen (secondary N) is 1. The van der Waals surface area contributed by atoms with Crippen molar-refractivity contribution in [2.75, 3.05) is 20.1 Å². The second-order valence-corrected chi connectivity index (χ2v) is 5.65. The van der Waals surface area contributed by atoms with Crippen LogP contribution in [-0.2, 0) is 13.0 Å². The van der Waals surface area contributed by atoms with Gasteiger partial charge in [-0.1, -0.05) is 6.92 Å². The molecule has 0 unspecified atom stereocenters. The number of aliphatic hydroxyl groups is 1. The minimum Gasteiger partial charge on any atom is -0.393 e. The van der Waals surface area contributed by atoms with Gasteiger partial charge in [-0.15, -0.1) is 35.3 Å². The number of rotatable bonds is 3. The molecule has 0 radical (unpaired) electrons. The number of aliphatic hydroxyl groups excluding tert-OH is 1. The smallest absolute Gasteiger partial charge is 0.193 e. The number of likely N-dealkylation sites (tertiary alicyclic amines) is 1. The van der Waals surface area contributed by atoms with E-state index in [1.165, 1.54) is 5.01 Å². The minimum atomic E-state index is -0.153. The van der Waals surface area contributed by atoms with Gasteiger partial charge in [0.05, 0.1) is 23.4 Å². The first kappa shape index (κ1) is 17.6. The molecule has 114 valence electrons. The van der Waals surface area contributed by atoms with E-state index in [2.05, 4.69) is 32.5 Å². The number of aryl methyl sites for hydroxylation is 1. The summed E-state index contributed by atoms with van der Waals surface area (Å²) in [5.41, 5.74) is 1.07. The van der Waals surface area contributed by atoms with Crippen LogP contribution in [0.25, 0.3) is 0 Å². The summed E-state index contributed by atoms with van der Waals surface area (Å²) in [6.07, 6.45) is 2.47. The first-order valence-corrected chi connectivity index (χ1v) is 7.67. The first-order chi connectivity index (χ1) is 9.22. The number of piperidine rings is 1. The van der Waals surface area contributed by atoms with Gasteiger partial charge in [-0.2, -0.15) is 0 Å². The lowest BCUT2D eigenvalue weighted by atomic mass is 10.1. The highest BCUT2D eigenvalue weighted by molar-refractivity contribution is 14.0. The van der Waals surface area contributed by atoms with Crippen LogP contribution in [0, 0.1) is 0 Å². The fourth-order valence-corrected chi connectivity index (χ4v) is 2.92. The lowest BCUT2D eigenvalue weighted by Crippen LogP contribution is -2.46. The zero-order valence-electron chi connectivity index (χ0n) is 12.0. The van der Waals surface area contributed by atoms with Crippen LogP contribution in [0.2, 0.25) is 0 Å². The van der Waals surface area contributed by atoms with E-state index in [0.29, 0.717) is 6.54 Å². The topological polar surface area (TPSA) is 60.8 Å². The predicted octanol–water partition coefficient (Wildman–Crippen LogP) is 1.86. The summed E-state index contributed by atoms with van der Waals surface area (Å²) >= 11 is 1.71. The van der Waals surface area contributed by atoms with Crippen molar-refractivity contribution in [3.8, 4) is 0 Å². The molecule has 1 fully saturated rings. The molecule has 0 spiro atoms. The Hall–Kier alpha value is -0.410. The van der Waals surface area contributed by atoms with Gasteiger partial charge in [-0.3, -0.25) is 4.99 Å². The third-order valence-electron chi connectivity index (χ3n) is 3.31. The van der Waals surface area contributed by atoms with Crippen molar-refractivity contribution in [2.45, 2.75) is 38.8 Å². The van der Waals surface area contributed by atoms with E-state index in [1.54, 1.807) is 18.4 Å². The molecule has 0 saturated carbocycles. The molecule has 1 aromatic heterocycles. The van der Waals surface area contributed by atoms with Crippen LogP contribution in [0.15, 0.2) is 10.4 Å². The molecule has 2 N–H and O–H groups in total. The lowest BCUT2D eigenvalue weighted by molar-refractivity contribution is 0.108. The molecule has 0 aromatic carbocycles. The maximum Gasteiger partial charge on any atom is 0.193 e. The van der Waals surface area contributed by atoms with Crippen molar-refractivity contribution in [3.63, 3.8) is 0 Å². The summed E-state index contributed by atoms with van der Waals surface area (Å²) in [6.45, 7) is 4.55. The van der Waals surface area contributed by atoms with E-state index in [4.69, 9.17) is 0 Å². The van der Waals surface area contributed by atoms with Crippen molar-refractivity contribution >= 4 is 41.3 Å². The van der Waals surface area contributed by atoms with Crippen LogP contribution in [0.4, 0.5) is 0 Å². The highest BCUT2D eigenvalue weighted by Gasteiger charge is 2.19. The van der Waals surface area contributed by atoms with Gasteiger partial charge >= 0.3 is 0 Å². The molecule has 1 saturated heterocycles. The molecule has 0 bridgehead atoms. The standard InChI is InChI=1S/C13H22N4OS.HI/c1-3-12-16-10(9-19-12)8-15-13(14-2)17-6-4-11(18)5-7-17;/h9,11,18H,3-8H2,1-2H3,(H,14,15);1H. The van der Waals surface area contributed by atoms with Crippen LogP contribution in [0.5, 0.6) is 0 Å². The molecule has 7 heteroatoms. The Bertz CT molecular complexity index is 430. The normalized spacial score (nSPS) is 16.9. The molecule has 0 amide bonds. The Morgan fingerprint density at radius 2 is 2.25 bits per heavy atom. The van der Waals surface area contributed by atoms with Gasteiger partial charge in [0, 0.05) is 25.5 Å². The third kappa shape index (κ3) is 4.85. The van der Waals surface area contributed by atoms with Crippen molar-refractivity contribution in [1.82, 2.24) is 15.2 Å². The second kappa shape index (κ2) is 8.78. The van der Waals surface area contributed by atoms with Gasteiger partial charge in [0.25, 0.3) is 0 Å². The van der Waals surface area contributed by atoms with Crippen LogP contribution in [-0.4, -0.2) is 47.2 Å². The lowest BCUT2D eigenvalue weighted by Gasteiger charge is -2.32. The molecule has 1 aliphatic heterocycles. The largest absolute Gasteiger partial charge is 0.393 e. The summed E-state index contributed by atoms with van der Waals surface area (Å²) < 4.78 is 0. The fraction of sp³-hybridized carbons (Fsp3) is 0.692. The number of hydrogen-bond donors (Lipinski definition) is 2. The van der Waals surface area contributed by atoms with Crippen molar-refractivity contribution in [3.05, 3.63) is 16.1 Å². The Morgan fingerprint density at radius 3 is 2.80 bits per heavy atom. The van der Waals surface area contributed by atoms with E-state index in [1.807, 2.05) is 0 Å². The zero-order valence-corrected chi connectivity index (χ0v) is 15.1.